The Morgan fingerprint density at radius 2 is 0.692 bits per heavy atom. The zero-order valence-corrected chi connectivity index (χ0v) is 22.7. The summed E-state index contributed by atoms with van der Waals surface area (Å²) in [5.41, 5.74) is 0. The second-order valence-corrected chi connectivity index (χ2v) is 25.4. The Morgan fingerprint density at radius 1 is 0.423 bits per heavy atom. The summed E-state index contributed by atoms with van der Waals surface area (Å²) >= 11 is -1.80. The molecule has 0 N–H and O–H groups in total. The fraction of sp³-hybridized carbons (Fsp3) is 1.00. The van der Waals surface area contributed by atoms with Crippen LogP contribution in [0.3, 0.4) is 0 Å². The first kappa shape index (κ1) is 26.8. The van der Waals surface area contributed by atoms with E-state index in [1.54, 1.807) is 32.6 Å². The molecule has 26 heavy (non-hydrogen) atoms. The van der Waals surface area contributed by atoms with Gasteiger partial charge < -0.3 is 0 Å². The van der Waals surface area contributed by atoms with Crippen molar-refractivity contribution in [3.63, 3.8) is 0 Å². The van der Waals surface area contributed by atoms with E-state index in [9.17, 15) is 0 Å². The average Bonchev–Trinajstić information content (AvgIpc) is 2.53. The predicted molar refractivity (Wildman–Crippen MR) is 126 cm³/mol. The van der Waals surface area contributed by atoms with E-state index in [1.165, 1.54) is 57.8 Å². The fourth-order valence-corrected chi connectivity index (χ4v) is 15.8. The van der Waals surface area contributed by atoms with Crippen LogP contribution in [0.1, 0.15) is 119 Å². The third-order valence-corrected chi connectivity index (χ3v) is 19.5. The van der Waals surface area contributed by atoms with Crippen LogP contribution in [-0.4, -0.2) is 18.4 Å². The van der Waals surface area contributed by atoms with Gasteiger partial charge in [0.05, 0.1) is 0 Å². The van der Waals surface area contributed by atoms with E-state index in [4.69, 9.17) is 0 Å². The molecule has 0 aliphatic carbocycles. The molecular weight excluding hydrogens is 419 g/mol. The summed E-state index contributed by atoms with van der Waals surface area (Å²) in [5, 5.41) is 0. The van der Waals surface area contributed by atoms with Gasteiger partial charge in [-0.3, -0.25) is 0 Å². The fourth-order valence-electron chi connectivity index (χ4n) is 4.22. The molecule has 0 nitrogen and oxygen atoms in total. The van der Waals surface area contributed by atoms with Crippen molar-refractivity contribution in [2.75, 3.05) is 0 Å². The van der Waals surface area contributed by atoms with E-state index in [2.05, 4.69) is 46.5 Å². The molecule has 0 radical (unpaired) electrons. The van der Waals surface area contributed by atoms with Crippen molar-refractivity contribution < 1.29 is 0 Å². The Bertz CT molecular complexity index is 247. The maximum absolute atomic E-state index is 2.82. The van der Waals surface area contributed by atoms with Crippen LogP contribution >= 0.6 is 0 Å². The number of hydrogen-bond acceptors (Lipinski definition) is 0. The molecular formula is C25H54Sn. The van der Waals surface area contributed by atoms with Gasteiger partial charge in [0.25, 0.3) is 0 Å². The molecule has 0 saturated carbocycles. The van der Waals surface area contributed by atoms with E-state index in [1.807, 2.05) is 0 Å². The van der Waals surface area contributed by atoms with Crippen LogP contribution < -0.4 is 0 Å². The molecule has 0 aromatic carbocycles. The molecule has 0 atom stereocenters. The number of hydrogen-bond donors (Lipinski definition) is 0. The van der Waals surface area contributed by atoms with Gasteiger partial charge in [-0.25, -0.2) is 0 Å². The summed E-state index contributed by atoms with van der Waals surface area (Å²) in [4.78, 5) is 2.82. The van der Waals surface area contributed by atoms with Gasteiger partial charge in [-0.05, 0) is 0 Å². The first-order chi connectivity index (χ1) is 12.2. The van der Waals surface area contributed by atoms with Crippen LogP contribution in [0.4, 0.5) is 0 Å². The first-order valence-corrected chi connectivity index (χ1v) is 21.2. The van der Waals surface area contributed by atoms with Crippen molar-refractivity contribution in [1.29, 1.82) is 0 Å². The topological polar surface area (TPSA) is 0 Å². The van der Waals surface area contributed by atoms with Crippen molar-refractivity contribution >= 4 is 18.4 Å². The van der Waals surface area contributed by atoms with Gasteiger partial charge in [0, 0.05) is 0 Å². The van der Waals surface area contributed by atoms with Crippen LogP contribution in [0.2, 0.25) is 18.2 Å². The van der Waals surface area contributed by atoms with Gasteiger partial charge in [-0.1, -0.05) is 0 Å². The standard InChI is InChI=1S/3C8H17.CH3.Sn/c3*1-4-5-6-7-8(2)3;;/h3*8H,1,4-7H2,2-3H3;1H3;. The maximum atomic E-state index is 2.82. The minimum atomic E-state index is -1.80. The summed E-state index contributed by atoms with van der Waals surface area (Å²) in [7, 11) is 0. The SMILES string of the molecule is CC(C)CCCC[CH2][Sn]([CH3])([CH2]CCCCC(C)C)[CH2]CCCCC(C)C. The van der Waals surface area contributed by atoms with E-state index in [0.717, 1.165) is 17.8 Å². The summed E-state index contributed by atoms with van der Waals surface area (Å²) < 4.78 is 5.05. The van der Waals surface area contributed by atoms with Crippen LogP contribution in [0.5, 0.6) is 0 Å². The molecule has 0 aromatic heterocycles. The Labute approximate surface area is 172 Å². The number of rotatable bonds is 18. The normalized spacial score (nSPS) is 12.7. The molecule has 0 rings (SSSR count). The van der Waals surface area contributed by atoms with Gasteiger partial charge in [-0.15, -0.1) is 0 Å². The van der Waals surface area contributed by atoms with Crippen molar-refractivity contribution in [3.05, 3.63) is 0 Å². The molecule has 0 unspecified atom stereocenters. The third-order valence-electron chi connectivity index (χ3n) is 6.19. The monoisotopic (exact) mass is 474 g/mol. The Hall–Kier alpha value is 0.799. The molecule has 1 heteroatoms. The summed E-state index contributed by atoms with van der Waals surface area (Å²) in [6, 6.07) is 0. The predicted octanol–water partition coefficient (Wildman–Crippen LogP) is 9.71. The first-order valence-electron chi connectivity index (χ1n) is 12.2. The van der Waals surface area contributed by atoms with Gasteiger partial charge in [0.1, 0.15) is 0 Å². The Kier molecular flexibility index (Phi) is 17.2. The average molecular weight is 473 g/mol. The molecule has 0 fully saturated rings. The quantitative estimate of drug-likeness (QED) is 0.137. The second kappa shape index (κ2) is 16.7. The molecule has 0 aliphatic heterocycles. The van der Waals surface area contributed by atoms with Crippen LogP contribution in [0.25, 0.3) is 0 Å². The van der Waals surface area contributed by atoms with Crippen molar-refractivity contribution in [3.8, 4) is 0 Å². The Balaban J connectivity index is 4.14. The van der Waals surface area contributed by atoms with E-state index in [0.29, 0.717) is 0 Å². The van der Waals surface area contributed by atoms with Crippen molar-refractivity contribution in [2.24, 2.45) is 17.8 Å². The summed E-state index contributed by atoms with van der Waals surface area (Å²) in [5.74, 6) is 2.69. The molecule has 158 valence electrons. The van der Waals surface area contributed by atoms with E-state index in [-0.39, 0.29) is 0 Å². The second-order valence-electron chi connectivity index (χ2n) is 10.8. The van der Waals surface area contributed by atoms with Crippen molar-refractivity contribution in [1.82, 2.24) is 0 Å². The molecule has 0 saturated heterocycles. The molecule has 0 aliphatic rings. The van der Waals surface area contributed by atoms with Crippen molar-refractivity contribution in [2.45, 2.75) is 137 Å². The molecule has 0 spiro atoms. The number of unbranched alkanes of at least 4 members (excludes halogenated alkanes) is 6. The third kappa shape index (κ3) is 18.2. The van der Waals surface area contributed by atoms with Gasteiger partial charge in [0.2, 0.25) is 0 Å². The van der Waals surface area contributed by atoms with Crippen LogP contribution in [-0.2, 0) is 0 Å². The zero-order valence-electron chi connectivity index (χ0n) is 19.8. The van der Waals surface area contributed by atoms with Crippen LogP contribution in [0, 0.1) is 17.8 Å². The van der Waals surface area contributed by atoms with Gasteiger partial charge in [0.15, 0.2) is 0 Å². The van der Waals surface area contributed by atoms with E-state index >= 15 is 0 Å². The van der Waals surface area contributed by atoms with Gasteiger partial charge in [-0.2, -0.15) is 0 Å². The van der Waals surface area contributed by atoms with Crippen LogP contribution in [0.15, 0.2) is 0 Å². The molecule has 0 heterocycles. The molecule has 0 aromatic rings. The minimum absolute atomic E-state index is 0.895. The molecule has 0 bridgehead atoms. The van der Waals surface area contributed by atoms with Gasteiger partial charge >= 0.3 is 173 Å². The zero-order chi connectivity index (χ0) is 19.8. The summed E-state index contributed by atoms with van der Waals surface area (Å²) in [6.45, 7) is 14.2. The summed E-state index contributed by atoms with van der Waals surface area (Å²) in [6.07, 6.45) is 17.9. The molecule has 0 amide bonds. The van der Waals surface area contributed by atoms with E-state index < -0.39 is 18.4 Å². The Morgan fingerprint density at radius 3 is 0.923 bits per heavy atom.